The second-order valence-corrected chi connectivity index (χ2v) is 6.76. The highest BCUT2D eigenvalue weighted by molar-refractivity contribution is 7.17. The summed E-state index contributed by atoms with van der Waals surface area (Å²) in [6.45, 7) is 0.498. The quantitative estimate of drug-likeness (QED) is 0.917. The molecule has 5 nitrogen and oxygen atoms in total. The van der Waals surface area contributed by atoms with E-state index in [4.69, 9.17) is 0 Å². The van der Waals surface area contributed by atoms with E-state index in [1.54, 1.807) is 17.0 Å². The molecule has 3 rings (SSSR count). The van der Waals surface area contributed by atoms with Gasteiger partial charge in [0, 0.05) is 13.6 Å². The van der Waals surface area contributed by atoms with E-state index in [1.165, 1.54) is 7.05 Å². The van der Waals surface area contributed by atoms with Crippen LogP contribution >= 0.6 is 11.3 Å². The number of aryl methyl sites for hydroxylation is 1. The summed E-state index contributed by atoms with van der Waals surface area (Å²) in [6, 6.07) is 3.99. The number of aromatic nitrogens is 2. The van der Waals surface area contributed by atoms with Gasteiger partial charge < -0.3 is 10.0 Å². The van der Waals surface area contributed by atoms with Crippen molar-refractivity contribution in [3.8, 4) is 10.6 Å². The number of alkyl halides is 3. The Morgan fingerprint density at radius 2 is 2.21 bits per heavy atom. The van der Waals surface area contributed by atoms with Gasteiger partial charge >= 0.3 is 6.18 Å². The average molecular weight is 359 g/mol. The lowest BCUT2D eigenvalue weighted by atomic mass is 10.2. The van der Waals surface area contributed by atoms with Gasteiger partial charge in [0.05, 0.1) is 22.4 Å². The van der Waals surface area contributed by atoms with E-state index in [2.05, 4.69) is 5.10 Å². The van der Waals surface area contributed by atoms with Gasteiger partial charge in [-0.25, -0.2) is 0 Å². The standard InChI is InChI=1S/C15H16F3N3O2S/c1-20-13(15(16,17)18)7-10(19-20)11-4-5-12(24-11)14(23)21-6-2-3-9(21)8-22/h4-5,7,9,22H,2-3,6,8H2,1H3. The van der Waals surface area contributed by atoms with Gasteiger partial charge in [-0.2, -0.15) is 18.3 Å². The number of nitrogens with zero attached hydrogens (tertiary/aromatic N) is 3. The van der Waals surface area contributed by atoms with Crippen LogP contribution in [-0.4, -0.2) is 44.9 Å². The summed E-state index contributed by atoms with van der Waals surface area (Å²) in [7, 11) is 1.24. The first-order valence-electron chi connectivity index (χ1n) is 7.44. The minimum atomic E-state index is -4.47. The number of hydrogen-bond donors (Lipinski definition) is 1. The summed E-state index contributed by atoms with van der Waals surface area (Å²) < 4.78 is 39.4. The van der Waals surface area contributed by atoms with Gasteiger partial charge in [0.25, 0.3) is 5.91 Å². The number of likely N-dealkylation sites (tertiary alicyclic amines) is 1. The zero-order valence-electron chi connectivity index (χ0n) is 12.9. The van der Waals surface area contributed by atoms with Gasteiger partial charge in [0.1, 0.15) is 11.4 Å². The highest BCUT2D eigenvalue weighted by Gasteiger charge is 2.35. The summed E-state index contributed by atoms with van der Waals surface area (Å²) in [5.41, 5.74) is -0.646. The number of aliphatic hydroxyl groups excluding tert-OH is 1. The zero-order chi connectivity index (χ0) is 17.5. The lowest BCUT2D eigenvalue weighted by Gasteiger charge is -2.22. The van der Waals surface area contributed by atoms with Gasteiger partial charge in [-0.1, -0.05) is 0 Å². The van der Waals surface area contributed by atoms with Crippen LogP contribution in [0.15, 0.2) is 18.2 Å². The van der Waals surface area contributed by atoms with Crippen LogP contribution in [0, 0.1) is 0 Å². The van der Waals surface area contributed by atoms with Crippen molar-refractivity contribution in [2.75, 3.05) is 13.2 Å². The van der Waals surface area contributed by atoms with E-state index in [0.29, 0.717) is 16.3 Å². The van der Waals surface area contributed by atoms with Crippen molar-refractivity contribution < 1.29 is 23.1 Å². The third-order valence-corrected chi connectivity index (χ3v) is 5.18. The van der Waals surface area contributed by atoms with Crippen molar-refractivity contribution >= 4 is 17.2 Å². The van der Waals surface area contributed by atoms with Crippen molar-refractivity contribution in [3.63, 3.8) is 0 Å². The van der Waals surface area contributed by atoms with E-state index in [1.807, 2.05) is 0 Å². The van der Waals surface area contributed by atoms with Crippen molar-refractivity contribution in [3.05, 3.63) is 28.8 Å². The first-order chi connectivity index (χ1) is 11.3. The molecule has 1 fully saturated rings. The molecule has 2 aromatic heterocycles. The Balaban J connectivity index is 1.85. The second kappa shape index (κ2) is 6.21. The number of aliphatic hydroxyl groups is 1. The van der Waals surface area contributed by atoms with Crippen molar-refractivity contribution in [2.45, 2.75) is 25.1 Å². The molecular formula is C15H16F3N3O2S. The zero-order valence-corrected chi connectivity index (χ0v) is 13.7. The summed E-state index contributed by atoms with van der Waals surface area (Å²) in [4.78, 5) is 15.1. The Morgan fingerprint density at radius 3 is 2.83 bits per heavy atom. The predicted molar refractivity (Wildman–Crippen MR) is 82.7 cm³/mol. The smallest absolute Gasteiger partial charge is 0.394 e. The van der Waals surface area contributed by atoms with Gasteiger partial charge in [0.15, 0.2) is 0 Å². The van der Waals surface area contributed by atoms with Crippen LogP contribution in [0.2, 0.25) is 0 Å². The molecule has 1 saturated heterocycles. The Kier molecular flexibility index (Phi) is 4.39. The molecule has 130 valence electrons. The molecule has 1 aliphatic heterocycles. The van der Waals surface area contributed by atoms with Gasteiger partial charge in [-0.05, 0) is 31.0 Å². The largest absolute Gasteiger partial charge is 0.433 e. The molecule has 0 radical (unpaired) electrons. The highest BCUT2D eigenvalue weighted by atomic mass is 32.1. The fourth-order valence-electron chi connectivity index (χ4n) is 2.88. The van der Waals surface area contributed by atoms with Gasteiger partial charge in [-0.3, -0.25) is 9.48 Å². The third-order valence-electron chi connectivity index (χ3n) is 4.09. The summed E-state index contributed by atoms with van der Waals surface area (Å²) in [6.07, 6.45) is -2.88. The van der Waals surface area contributed by atoms with E-state index >= 15 is 0 Å². The molecule has 2 aromatic rings. The number of carbonyl (C=O) groups excluding carboxylic acids is 1. The van der Waals surface area contributed by atoms with Crippen LogP contribution in [0.5, 0.6) is 0 Å². The van der Waals surface area contributed by atoms with Gasteiger partial charge in [0.2, 0.25) is 0 Å². The third kappa shape index (κ3) is 3.05. The van der Waals surface area contributed by atoms with Crippen LogP contribution in [0.4, 0.5) is 13.2 Å². The Labute approximate surface area is 140 Å². The number of rotatable bonds is 3. The van der Waals surface area contributed by atoms with Crippen molar-refractivity contribution in [1.29, 1.82) is 0 Å². The predicted octanol–water partition coefficient (Wildman–Crippen LogP) is 2.76. The summed E-state index contributed by atoms with van der Waals surface area (Å²) >= 11 is 1.11. The topological polar surface area (TPSA) is 58.4 Å². The molecule has 9 heteroatoms. The minimum absolute atomic E-state index is 0.0842. The molecule has 0 spiro atoms. The Hall–Kier alpha value is -1.87. The fraction of sp³-hybridized carbons (Fsp3) is 0.467. The molecule has 24 heavy (non-hydrogen) atoms. The molecule has 0 aliphatic carbocycles. The maximum atomic E-state index is 12.9. The number of hydrogen-bond acceptors (Lipinski definition) is 4. The fourth-order valence-corrected chi connectivity index (χ4v) is 3.80. The van der Waals surface area contributed by atoms with Crippen LogP contribution < -0.4 is 0 Å². The van der Waals surface area contributed by atoms with Crippen LogP contribution in [-0.2, 0) is 13.2 Å². The number of amides is 1. The van der Waals surface area contributed by atoms with E-state index in [-0.39, 0.29) is 24.2 Å². The molecule has 1 atom stereocenters. The van der Waals surface area contributed by atoms with Gasteiger partial charge in [-0.15, -0.1) is 11.3 Å². The summed E-state index contributed by atoms with van der Waals surface area (Å²) in [5.74, 6) is -0.199. The highest BCUT2D eigenvalue weighted by Crippen LogP contribution is 2.34. The molecule has 3 heterocycles. The molecule has 0 aromatic carbocycles. The number of halogens is 3. The Morgan fingerprint density at radius 1 is 1.46 bits per heavy atom. The molecular weight excluding hydrogens is 343 g/mol. The number of carbonyl (C=O) groups is 1. The monoisotopic (exact) mass is 359 g/mol. The first kappa shape index (κ1) is 17.0. The van der Waals surface area contributed by atoms with Crippen LogP contribution in [0.1, 0.15) is 28.2 Å². The normalized spacial score (nSPS) is 18.4. The van der Waals surface area contributed by atoms with Crippen LogP contribution in [0.25, 0.3) is 10.6 Å². The molecule has 1 unspecified atom stereocenters. The van der Waals surface area contributed by atoms with E-state index in [0.717, 1.165) is 34.9 Å². The van der Waals surface area contributed by atoms with E-state index in [9.17, 15) is 23.1 Å². The lowest BCUT2D eigenvalue weighted by Crippen LogP contribution is -2.37. The Bertz CT molecular complexity index is 753. The lowest BCUT2D eigenvalue weighted by molar-refractivity contribution is -0.143. The molecule has 1 amide bonds. The van der Waals surface area contributed by atoms with Crippen molar-refractivity contribution in [1.82, 2.24) is 14.7 Å². The average Bonchev–Trinajstić information content (AvgIpc) is 3.23. The maximum Gasteiger partial charge on any atom is 0.433 e. The molecule has 0 saturated carbocycles. The molecule has 0 bridgehead atoms. The SMILES string of the molecule is Cn1nc(-c2ccc(C(=O)N3CCCC3CO)s2)cc1C(F)(F)F. The van der Waals surface area contributed by atoms with Crippen LogP contribution in [0.3, 0.4) is 0 Å². The molecule has 1 N–H and O–H groups in total. The number of thiophene rings is 1. The first-order valence-corrected chi connectivity index (χ1v) is 8.26. The van der Waals surface area contributed by atoms with Crippen molar-refractivity contribution in [2.24, 2.45) is 7.05 Å². The summed E-state index contributed by atoms with van der Waals surface area (Å²) in [5, 5.41) is 13.2. The second-order valence-electron chi connectivity index (χ2n) is 5.68. The maximum absolute atomic E-state index is 12.9. The minimum Gasteiger partial charge on any atom is -0.394 e. The molecule has 1 aliphatic rings. The van der Waals surface area contributed by atoms with E-state index < -0.39 is 11.9 Å².